The molecule has 1 atom stereocenters. The zero-order chi connectivity index (χ0) is 17.2. The fourth-order valence-electron chi connectivity index (χ4n) is 2.58. The molecule has 0 bridgehead atoms. The third kappa shape index (κ3) is 6.00. The average Bonchev–Trinajstić information content (AvgIpc) is 3.10. The van der Waals surface area contributed by atoms with Gasteiger partial charge in [-0.3, -0.25) is 10.1 Å². The minimum atomic E-state index is -0.352. The van der Waals surface area contributed by atoms with E-state index in [9.17, 15) is 10.1 Å². The Morgan fingerprint density at radius 2 is 1.96 bits per heavy atom. The first kappa shape index (κ1) is 18.5. The lowest BCUT2D eigenvalue weighted by molar-refractivity contribution is -0.384. The Morgan fingerprint density at radius 3 is 2.58 bits per heavy atom. The van der Waals surface area contributed by atoms with Crippen molar-refractivity contribution in [2.75, 3.05) is 5.75 Å². The lowest BCUT2D eigenvalue weighted by atomic mass is 10.1. The SMILES string of the molecule is CCCCCCCSC(Cn1ccnc1)c1ccc([N+](=O)[O-])cc1. The minimum Gasteiger partial charge on any atom is -0.336 e. The summed E-state index contributed by atoms with van der Waals surface area (Å²) in [5.74, 6) is 1.11. The van der Waals surface area contributed by atoms with Crippen LogP contribution >= 0.6 is 11.8 Å². The second kappa shape index (κ2) is 10.1. The molecule has 0 radical (unpaired) electrons. The van der Waals surface area contributed by atoms with Gasteiger partial charge in [0.1, 0.15) is 0 Å². The number of aromatic nitrogens is 2. The zero-order valence-corrected chi connectivity index (χ0v) is 15.0. The number of hydrogen-bond donors (Lipinski definition) is 0. The van der Waals surface area contributed by atoms with Gasteiger partial charge in [0, 0.05) is 36.3 Å². The number of unbranched alkanes of at least 4 members (excludes halogenated alkanes) is 4. The predicted molar refractivity (Wildman–Crippen MR) is 99.3 cm³/mol. The van der Waals surface area contributed by atoms with Gasteiger partial charge < -0.3 is 4.57 Å². The van der Waals surface area contributed by atoms with Crippen molar-refractivity contribution in [3.63, 3.8) is 0 Å². The van der Waals surface area contributed by atoms with E-state index >= 15 is 0 Å². The number of thioether (sulfide) groups is 1. The summed E-state index contributed by atoms with van der Waals surface area (Å²) in [5, 5.41) is 11.1. The lowest BCUT2D eigenvalue weighted by Crippen LogP contribution is -2.06. The molecular weight excluding hydrogens is 322 g/mol. The van der Waals surface area contributed by atoms with Crippen molar-refractivity contribution < 1.29 is 4.92 Å². The Hall–Kier alpha value is -1.82. The van der Waals surface area contributed by atoms with Gasteiger partial charge in [-0.15, -0.1) is 0 Å². The van der Waals surface area contributed by atoms with Crippen LogP contribution in [0, 0.1) is 10.1 Å². The molecule has 130 valence electrons. The van der Waals surface area contributed by atoms with Gasteiger partial charge in [0.15, 0.2) is 0 Å². The monoisotopic (exact) mass is 347 g/mol. The van der Waals surface area contributed by atoms with E-state index < -0.39 is 0 Å². The molecular formula is C18H25N3O2S. The summed E-state index contributed by atoms with van der Waals surface area (Å²) in [6, 6.07) is 6.95. The molecule has 1 unspecified atom stereocenters. The molecule has 2 rings (SSSR count). The smallest absolute Gasteiger partial charge is 0.269 e. The van der Waals surface area contributed by atoms with Crippen LogP contribution in [0.5, 0.6) is 0 Å². The summed E-state index contributed by atoms with van der Waals surface area (Å²) >= 11 is 1.93. The van der Waals surface area contributed by atoms with E-state index in [-0.39, 0.29) is 15.9 Å². The standard InChI is InChI=1S/C18H25N3O2S/c1-2-3-4-5-6-13-24-18(14-20-12-11-19-15-20)16-7-9-17(10-8-16)21(22)23/h7-12,15,18H,2-6,13-14H2,1H3. The van der Waals surface area contributed by atoms with E-state index in [1.165, 1.54) is 32.1 Å². The highest BCUT2D eigenvalue weighted by Gasteiger charge is 2.14. The van der Waals surface area contributed by atoms with Crippen LogP contribution in [0.25, 0.3) is 0 Å². The van der Waals surface area contributed by atoms with E-state index in [1.54, 1.807) is 18.3 Å². The minimum absolute atomic E-state index is 0.143. The normalized spacial score (nSPS) is 12.2. The Labute approximate surface area is 147 Å². The van der Waals surface area contributed by atoms with Crippen molar-refractivity contribution in [3.05, 3.63) is 58.7 Å². The number of nitro benzene ring substituents is 1. The molecule has 0 aliphatic rings. The van der Waals surface area contributed by atoms with E-state index in [1.807, 2.05) is 36.4 Å². The van der Waals surface area contributed by atoms with Gasteiger partial charge >= 0.3 is 0 Å². The van der Waals surface area contributed by atoms with Gasteiger partial charge in [-0.2, -0.15) is 11.8 Å². The number of nitrogens with zero attached hydrogens (tertiary/aromatic N) is 3. The number of benzene rings is 1. The Bertz CT molecular complexity index is 599. The van der Waals surface area contributed by atoms with E-state index in [0.717, 1.165) is 17.9 Å². The summed E-state index contributed by atoms with van der Waals surface area (Å²) in [7, 11) is 0. The van der Waals surface area contributed by atoms with Crippen molar-refractivity contribution in [2.24, 2.45) is 0 Å². The zero-order valence-electron chi connectivity index (χ0n) is 14.1. The Kier molecular flexibility index (Phi) is 7.82. The maximum absolute atomic E-state index is 10.8. The summed E-state index contributed by atoms with van der Waals surface area (Å²) < 4.78 is 2.07. The summed E-state index contributed by atoms with van der Waals surface area (Å²) in [6.07, 6.45) is 11.9. The van der Waals surface area contributed by atoms with Crippen LogP contribution < -0.4 is 0 Å². The molecule has 2 aromatic rings. The fourth-order valence-corrected chi connectivity index (χ4v) is 3.86. The van der Waals surface area contributed by atoms with Crippen LogP contribution in [-0.4, -0.2) is 20.2 Å². The molecule has 0 fully saturated rings. The number of non-ortho nitro benzene ring substituents is 1. The van der Waals surface area contributed by atoms with Gasteiger partial charge in [0.2, 0.25) is 0 Å². The van der Waals surface area contributed by atoms with Crippen LogP contribution in [0.1, 0.15) is 49.8 Å². The van der Waals surface area contributed by atoms with E-state index in [0.29, 0.717) is 0 Å². The first-order valence-electron chi connectivity index (χ1n) is 8.52. The second-order valence-electron chi connectivity index (χ2n) is 5.88. The van der Waals surface area contributed by atoms with Gasteiger partial charge in [0.05, 0.1) is 11.3 Å². The maximum Gasteiger partial charge on any atom is 0.269 e. The third-order valence-electron chi connectivity index (χ3n) is 3.98. The molecule has 0 aliphatic carbocycles. The van der Waals surface area contributed by atoms with Crippen molar-refractivity contribution in [3.8, 4) is 0 Å². The van der Waals surface area contributed by atoms with E-state index in [2.05, 4.69) is 16.5 Å². The predicted octanol–water partition coefficient (Wildman–Crippen LogP) is 5.24. The topological polar surface area (TPSA) is 61.0 Å². The van der Waals surface area contributed by atoms with Gasteiger partial charge in [-0.25, -0.2) is 4.98 Å². The molecule has 0 amide bonds. The Balaban J connectivity index is 1.95. The maximum atomic E-state index is 10.8. The first-order chi connectivity index (χ1) is 11.7. The first-order valence-corrected chi connectivity index (χ1v) is 9.57. The molecule has 0 aliphatic heterocycles. The van der Waals surface area contributed by atoms with Crippen molar-refractivity contribution >= 4 is 17.4 Å². The number of rotatable bonds is 11. The lowest BCUT2D eigenvalue weighted by Gasteiger charge is -2.17. The molecule has 1 aromatic heterocycles. The van der Waals surface area contributed by atoms with Crippen LogP contribution in [0.2, 0.25) is 0 Å². The highest BCUT2D eigenvalue weighted by molar-refractivity contribution is 7.99. The molecule has 0 saturated heterocycles. The molecule has 0 saturated carbocycles. The van der Waals surface area contributed by atoms with Crippen molar-refractivity contribution in [1.29, 1.82) is 0 Å². The van der Waals surface area contributed by atoms with Crippen molar-refractivity contribution in [1.82, 2.24) is 9.55 Å². The largest absolute Gasteiger partial charge is 0.336 e. The number of hydrogen-bond acceptors (Lipinski definition) is 4. The van der Waals surface area contributed by atoms with Crippen LogP contribution in [-0.2, 0) is 6.54 Å². The second-order valence-corrected chi connectivity index (χ2v) is 7.19. The quantitative estimate of drug-likeness (QED) is 0.317. The summed E-state index contributed by atoms with van der Waals surface area (Å²) in [5.41, 5.74) is 1.28. The molecule has 1 aromatic carbocycles. The summed E-state index contributed by atoms with van der Waals surface area (Å²) in [4.78, 5) is 14.6. The molecule has 6 heteroatoms. The van der Waals surface area contributed by atoms with Gasteiger partial charge in [0.25, 0.3) is 5.69 Å². The number of imidazole rings is 1. The number of nitro groups is 1. The molecule has 5 nitrogen and oxygen atoms in total. The third-order valence-corrected chi connectivity index (χ3v) is 5.33. The molecule has 0 N–H and O–H groups in total. The van der Waals surface area contributed by atoms with Crippen molar-refractivity contribution in [2.45, 2.75) is 50.8 Å². The fraction of sp³-hybridized carbons (Fsp3) is 0.500. The molecule has 1 heterocycles. The van der Waals surface area contributed by atoms with Crippen LogP contribution in [0.3, 0.4) is 0 Å². The van der Waals surface area contributed by atoms with Crippen LogP contribution in [0.15, 0.2) is 43.0 Å². The Morgan fingerprint density at radius 1 is 1.21 bits per heavy atom. The van der Waals surface area contributed by atoms with Crippen LogP contribution in [0.4, 0.5) is 5.69 Å². The molecule has 24 heavy (non-hydrogen) atoms. The highest BCUT2D eigenvalue weighted by atomic mass is 32.2. The molecule has 0 spiro atoms. The summed E-state index contributed by atoms with van der Waals surface area (Å²) in [6.45, 7) is 3.06. The average molecular weight is 347 g/mol. The highest BCUT2D eigenvalue weighted by Crippen LogP contribution is 2.32. The van der Waals surface area contributed by atoms with E-state index in [4.69, 9.17) is 0 Å². The van der Waals surface area contributed by atoms with Gasteiger partial charge in [-0.1, -0.05) is 44.7 Å². The van der Waals surface area contributed by atoms with Gasteiger partial charge in [-0.05, 0) is 17.7 Å².